The van der Waals surface area contributed by atoms with Crippen molar-refractivity contribution < 1.29 is 18.4 Å². The number of methoxy groups -OCH3 is 1. The minimum absolute atomic E-state index is 0.00895. The van der Waals surface area contributed by atoms with Gasteiger partial charge in [0.05, 0.1) is 17.7 Å². The van der Waals surface area contributed by atoms with Crippen molar-refractivity contribution in [1.29, 1.82) is 0 Å². The van der Waals surface area contributed by atoms with Crippen LogP contribution in [0.2, 0.25) is 5.02 Å². The maximum atomic E-state index is 14.4. The number of aryl methyl sites for hydroxylation is 1. The van der Waals surface area contributed by atoms with Crippen LogP contribution in [0.1, 0.15) is 34.5 Å². The van der Waals surface area contributed by atoms with E-state index < -0.39 is 5.82 Å². The van der Waals surface area contributed by atoms with Crippen LogP contribution < -0.4 is 10.1 Å². The van der Waals surface area contributed by atoms with Crippen molar-refractivity contribution in [3.05, 3.63) is 70.2 Å². The van der Waals surface area contributed by atoms with Crippen molar-refractivity contribution in [3.8, 4) is 17.0 Å². The SMILES string of the molecule is COc1ccccc1CN1CCC(NC(=O)c2c(-c3c(F)cccc3Cl)noc2C)CC1. The number of aromatic nitrogens is 1. The van der Waals surface area contributed by atoms with Crippen LogP contribution in [0.5, 0.6) is 5.75 Å². The summed E-state index contributed by atoms with van der Waals surface area (Å²) in [6.45, 7) is 4.12. The summed E-state index contributed by atoms with van der Waals surface area (Å²) in [7, 11) is 1.68. The average Bonchev–Trinajstić information content (AvgIpc) is 3.16. The molecule has 0 aliphatic carbocycles. The monoisotopic (exact) mass is 457 g/mol. The van der Waals surface area contributed by atoms with Gasteiger partial charge >= 0.3 is 0 Å². The lowest BCUT2D eigenvalue weighted by molar-refractivity contribution is 0.0908. The highest BCUT2D eigenvalue weighted by Gasteiger charge is 2.28. The number of nitrogens with one attached hydrogen (secondary N) is 1. The molecule has 32 heavy (non-hydrogen) atoms. The first kappa shape index (κ1) is 22.3. The summed E-state index contributed by atoms with van der Waals surface area (Å²) in [4.78, 5) is 15.4. The number of benzene rings is 2. The molecule has 1 aliphatic rings. The summed E-state index contributed by atoms with van der Waals surface area (Å²) in [5.41, 5.74) is 1.55. The maximum Gasteiger partial charge on any atom is 0.257 e. The molecular formula is C24H25ClFN3O3. The number of carbonyl (C=O) groups excluding carboxylic acids is 1. The Morgan fingerprint density at radius 2 is 2.00 bits per heavy atom. The first-order valence-corrected chi connectivity index (χ1v) is 10.9. The molecule has 1 amide bonds. The molecule has 6 nitrogen and oxygen atoms in total. The Morgan fingerprint density at radius 3 is 2.72 bits per heavy atom. The van der Waals surface area contributed by atoms with Gasteiger partial charge in [0.1, 0.15) is 28.6 Å². The van der Waals surface area contributed by atoms with Crippen LogP contribution in [-0.2, 0) is 6.54 Å². The van der Waals surface area contributed by atoms with Crippen LogP contribution in [0.4, 0.5) is 4.39 Å². The molecule has 2 heterocycles. The van der Waals surface area contributed by atoms with Crippen LogP contribution in [0, 0.1) is 12.7 Å². The fourth-order valence-corrected chi connectivity index (χ4v) is 4.35. The molecule has 3 aromatic rings. The van der Waals surface area contributed by atoms with Gasteiger partial charge < -0.3 is 14.6 Å². The Hall–Kier alpha value is -2.90. The van der Waals surface area contributed by atoms with E-state index >= 15 is 0 Å². The van der Waals surface area contributed by atoms with E-state index in [9.17, 15) is 9.18 Å². The highest BCUT2D eigenvalue weighted by atomic mass is 35.5. The van der Waals surface area contributed by atoms with Crippen LogP contribution in [-0.4, -0.2) is 42.2 Å². The van der Waals surface area contributed by atoms with Gasteiger partial charge in [0.2, 0.25) is 0 Å². The van der Waals surface area contributed by atoms with E-state index in [0.717, 1.165) is 43.8 Å². The van der Waals surface area contributed by atoms with Gasteiger partial charge in [-0.2, -0.15) is 0 Å². The van der Waals surface area contributed by atoms with Gasteiger partial charge in [-0.3, -0.25) is 9.69 Å². The molecule has 4 rings (SSSR count). The van der Waals surface area contributed by atoms with Crippen molar-refractivity contribution in [1.82, 2.24) is 15.4 Å². The molecule has 0 atom stereocenters. The van der Waals surface area contributed by atoms with E-state index in [4.69, 9.17) is 20.9 Å². The van der Waals surface area contributed by atoms with Gasteiger partial charge in [0.25, 0.3) is 5.91 Å². The third-order valence-corrected chi connectivity index (χ3v) is 6.11. The van der Waals surface area contributed by atoms with Crippen LogP contribution in [0.3, 0.4) is 0 Å². The number of rotatable bonds is 6. The van der Waals surface area contributed by atoms with Crippen LogP contribution in [0.25, 0.3) is 11.3 Å². The summed E-state index contributed by atoms with van der Waals surface area (Å²) in [6.07, 6.45) is 1.61. The number of para-hydroxylation sites is 1. The topological polar surface area (TPSA) is 67.6 Å². The van der Waals surface area contributed by atoms with E-state index in [0.29, 0.717) is 5.76 Å². The summed E-state index contributed by atoms with van der Waals surface area (Å²) >= 11 is 6.18. The molecule has 0 unspecified atom stereocenters. The number of nitrogens with zero attached hydrogens (tertiary/aromatic N) is 2. The standard InChI is InChI=1S/C24H25ClFN3O3/c1-15-21(23(28-32-15)22-18(25)7-5-8-19(22)26)24(30)27-17-10-12-29(13-11-17)14-16-6-3-4-9-20(16)31-2/h3-9,17H,10-14H2,1-2H3,(H,27,30). The molecule has 0 bridgehead atoms. The predicted octanol–water partition coefficient (Wildman–Crippen LogP) is 4.85. The fraction of sp³-hybridized carbons (Fsp3) is 0.333. The second-order valence-electron chi connectivity index (χ2n) is 7.89. The Labute approximate surface area is 191 Å². The quantitative estimate of drug-likeness (QED) is 0.573. The van der Waals surface area contributed by atoms with Gasteiger partial charge in [-0.15, -0.1) is 0 Å². The van der Waals surface area contributed by atoms with Gasteiger partial charge in [-0.1, -0.05) is 41.0 Å². The first-order chi connectivity index (χ1) is 15.5. The molecule has 0 saturated carbocycles. The summed E-state index contributed by atoms with van der Waals surface area (Å²) in [5.74, 6) is 0.321. The summed E-state index contributed by atoms with van der Waals surface area (Å²) in [6, 6.07) is 12.3. The molecule has 0 radical (unpaired) electrons. The zero-order chi connectivity index (χ0) is 22.7. The Kier molecular flexibility index (Phi) is 6.77. The number of piperidine rings is 1. The maximum absolute atomic E-state index is 14.4. The molecule has 0 spiro atoms. The summed E-state index contributed by atoms with van der Waals surface area (Å²) < 4.78 is 25.1. The highest BCUT2D eigenvalue weighted by molar-refractivity contribution is 6.33. The predicted molar refractivity (Wildman–Crippen MR) is 120 cm³/mol. The van der Waals surface area contributed by atoms with E-state index in [1.807, 2.05) is 18.2 Å². The van der Waals surface area contributed by atoms with Crippen molar-refractivity contribution >= 4 is 17.5 Å². The number of hydrogen-bond acceptors (Lipinski definition) is 5. The zero-order valence-corrected chi connectivity index (χ0v) is 18.8. The van der Waals surface area contributed by atoms with Gasteiger partial charge in [-0.25, -0.2) is 4.39 Å². The molecule has 1 aliphatic heterocycles. The largest absolute Gasteiger partial charge is 0.496 e. The van der Waals surface area contributed by atoms with E-state index in [2.05, 4.69) is 21.4 Å². The number of ether oxygens (including phenoxy) is 1. The van der Waals surface area contributed by atoms with Crippen LogP contribution >= 0.6 is 11.6 Å². The molecule has 1 aromatic heterocycles. The minimum Gasteiger partial charge on any atom is -0.496 e. The third kappa shape index (κ3) is 4.64. The van der Waals surface area contributed by atoms with Gasteiger partial charge in [-0.05, 0) is 38.0 Å². The number of carbonyl (C=O) groups is 1. The number of likely N-dealkylation sites (tertiary alicyclic amines) is 1. The zero-order valence-electron chi connectivity index (χ0n) is 18.0. The lowest BCUT2D eigenvalue weighted by Crippen LogP contribution is -2.44. The van der Waals surface area contributed by atoms with Gasteiger partial charge in [0.15, 0.2) is 0 Å². The van der Waals surface area contributed by atoms with Crippen molar-refractivity contribution in [2.45, 2.75) is 32.4 Å². The second-order valence-corrected chi connectivity index (χ2v) is 8.30. The first-order valence-electron chi connectivity index (χ1n) is 10.5. The molecule has 1 fully saturated rings. The number of amides is 1. The van der Waals surface area contributed by atoms with Crippen molar-refractivity contribution in [2.75, 3.05) is 20.2 Å². The fourth-order valence-electron chi connectivity index (χ4n) is 4.10. The second kappa shape index (κ2) is 9.71. The molecule has 8 heteroatoms. The van der Waals surface area contributed by atoms with E-state index in [1.165, 1.54) is 12.1 Å². The summed E-state index contributed by atoms with van der Waals surface area (Å²) in [5, 5.41) is 7.16. The lowest BCUT2D eigenvalue weighted by atomic mass is 10.0. The minimum atomic E-state index is -0.551. The normalized spacial score (nSPS) is 15.0. The van der Waals surface area contributed by atoms with Gasteiger partial charge in [0, 0.05) is 31.2 Å². The lowest BCUT2D eigenvalue weighted by Gasteiger charge is -2.32. The third-order valence-electron chi connectivity index (χ3n) is 5.80. The molecule has 1 saturated heterocycles. The Balaban J connectivity index is 1.42. The smallest absolute Gasteiger partial charge is 0.257 e. The average molecular weight is 458 g/mol. The molecular weight excluding hydrogens is 433 g/mol. The van der Waals surface area contributed by atoms with E-state index in [-0.39, 0.29) is 33.8 Å². The Bertz CT molecular complexity index is 1090. The van der Waals surface area contributed by atoms with Crippen molar-refractivity contribution in [3.63, 3.8) is 0 Å². The molecule has 168 valence electrons. The highest BCUT2D eigenvalue weighted by Crippen LogP contribution is 2.33. The molecule has 1 N–H and O–H groups in total. The number of halogens is 2. The molecule has 2 aromatic carbocycles. The van der Waals surface area contributed by atoms with Crippen LogP contribution in [0.15, 0.2) is 47.0 Å². The number of hydrogen-bond donors (Lipinski definition) is 1. The Morgan fingerprint density at radius 1 is 1.25 bits per heavy atom. The van der Waals surface area contributed by atoms with Crippen molar-refractivity contribution in [2.24, 2.45) is 0 Å². The van der Waals surface area contributed by atoms with E-state index in [1.54, 1.807) is 20.1 Å².